The molecule has 0 bridgehead atoms. The van der Waals surface area contributed by atoms with Gasteiger partial charge in [0.1, 0.15) is 0 Å². The number of hydrogen-bond acceptors (Lipinski definition) is 2. The molecule has 4 aromatic rings. The van der Waals surface area contributed by atoms with Crippen LogP contribution in [0.2, 0.25) is 0 Å². The highest BCUT2D eigenvalue weighted by atomic mass is 16.1. The highest BCUT2D eigenvalue weighted by Gasteiger charge is 2.10. The van der Waals surface area contributed by atoms with Crippen LogP contribution in [0.4, 0.5) is 0 Å². The van der Waals surface area contributed by atoms with Gasteiger partial charge in [0.15, 0.2) is 5.65 Å². The van der Waals surface area contributed by atoms with Crippen LogP contribution in [0.5, 0.6) is 0 Å². The topological polar surface area (TPSA) is 50.2 Å². The molecular weight excluding hydrogens is 274 g/mol. The molecule has 0 saturated carbocycles. The number of benzene rings is 2. The van der Waals surface area contributed by atoms with E-state index in [0.29, 0.717) is 5.65 Å². The summed E-state index contributed by atoms with van der Waals surface area (Å²) in [6.45, 7) is 0. The standard InChI is InChI=1S/C18H13N3O/c22-18-12-17-19-15(13-7-3-1-4-8-13)11-16(21(17)20-18)14-9-5-2-6-10-14/h1-12H,(H,20,22). The lowest BCUT2D eigenvalue weighted by Crippen LogP contribution is -2.02. The molecule has 0 unspecified atom stereocenters. The molecule has 0 fully saturated rings. The van der Waals surface area contributed by atoms with E-state index in [0.717, 1.165) is 22.5 Å². The summed E-state index contributed by atoms with van der Waals surface area (Å²) in [6.07, 6.45) is 0. The molecule has 4 rings (SSSR count). The van der Waals surface area contributed by atoms with Gasteiger partial charge in [0, 0.05) is 17.2 Å². The third-order valence-electron chi connectivity index (χ3n) is 3.60. The molecule has 2 aromatic carbocycles. The first-order valence-electron chi connectivity index (χ1n) is 7.05. The van der Waals surface area contributed by atoms with Crippen LogP contribution in [-0.2, 0) is 0 Å². The lowest BCUT2D eigenvalue weighted by molar-refractivity contribution is 0.929. The van der Waals surface area contributed by atoms with Gasteiger partial charge in [-0.15, -0.1) is 0 Å². The second-order valence-corrected chi connectivity index (χ2v) is 5.07. The van der Waals surface area contributed by atoms with Gasteiger partial charge in [0.05, 0.1) is 11.4 Å². The van der Waals surface area contributed by atoms with E-state index in [2.05, 4.69) is 10.1 Å². The number of fused-ring (bicyclic) bond motifs is 1. The fourth-order valence-corrected chi connectivity index (χ4v) is 2.58. The number of aromatic nitrogens is 3. The van der Waals surface area contributed by atoms with Gasteiger partial charge in [-0.1, -0.05) is 60.7 Å². The molecule has 106 valence electrons. The van der Waals surface area contributed by atoms with Crippen LogP contribution in [0.1, 0.15) is 0 Å². The number of H-pyrrole nitrogens is 1. The Morgan fingerprint density at radius 1 is 0.818 bits per heavy atom. The fraction of sp³-hybridized carbons (Fsp3) is 0. The number of rotatable bonds is 2. The first kappa shape index (κ1) is 12.6. The summed E-state index contributed by atoms with van der Waals surface area (Å²) < 4.78 is 1.73. The van der Waals surface area contributed by atoms with Crippen LogP contribution in [0, 0.1) is 0 Å². The minimum absolute atomic E-state index is 0.158. The molecule has 22 heavy (non-hydrogen) atoms. The predicted octanol–water partition coefficient (Wildman–Crippen LogP) is 3.36. The third kappa shape index (κ3) is 2.11. The molecule has 4 heteroatoms. The van der Waals surface area contributed by atoms with Crippen LogP contribution >= 0.6 is 0 Å². The number of aromatic amines is 1. The predicted molar refractivity (Wildman–Crippen MR) is 86.7 cm³/mol. The van der Waals surface area contributed by atoms with Crippen LogP contribution in [0.25, 0.3) is 28.2 Å². The van der Waals surface area contributed by atoms with Crippen molar-refractivity contribution in [1.29, 1.82) is 0 Å². The largest absolute Gasteiger partial charge is 0.268 e. The van der Waals surface area contributed by atoms with Crippen molar-refractivity contribution in [3.8, 4) is 22.5 Å². The zero-order valence-corrected chi connectivity index (χ0v) is 11.7. The average molecular weight is 287 g/mol. The SMILES string of the molecule is O=c1cc2nc(-c3ccccc3)cc(-c3ccccc3)n2[nH]1. The van der Waals surface area contributed by atoms with Gasteiger partial charge in [-0.25, -0.2) is 9.50 Å². The summed E-state index contributed by atoms with van der Waals surface area (Å²) in [7, 11) is 0. The monoisotopic (exact) mass is 287 g/mol. The molecule has 0 saturated heterocycles. The maximum Gasteiger partial charge on any atom is 0.266 e. The van der Waals surface area contributed by atoms with Crippen molar-refractivity contribution in [2.75, 3.05) is 0 Å². The summed E-state index contributed by atoms with van der Waals surface area (Å²) in [5, 5.41) is 2.80. The summed E-state index contributed by atoms with van der Waals surface area (Å²) in [5.74, 6) is 0. The van der Waals surface area contributed by atoms with E-state index in [-0.39, 0.29) is 5.56 Å². The normalized spacial score (nSPS) is 10.9. The molecule has 0 amide bonds. The van der Waals surface area contributed by atoms with Crippen molar-refractivity contribution < 1.29 is 0 Å². The molecule has 0 radical (unpaired) electrons. The Hall–Kier alpha value is -3.14. The van der Waals surface area contributed by atoms with Gasteiger partial charge in [0.25, 0.3) is 5.56 Å². The molecule has 2 aromatic heterocycles. The van der Waals surface area contributed by atoms with Crippen molar-refractivity contribution in [3.05, 3.63) is 83.2 Å². The van der Waals surface area contributed by atoms with Gasteiger partial charge in [-0.3, -0.25) is 9.89 Å². The van der Waals surface area contributed by atoms with Crippen molar-refractivity contribution >= 4 is 5.65 Å². The second kappa shape index (κ2) is 5.00. The van der Waals surface area contributed by atoms with Crippen molar-refractivity contribution in [3.63, 3.8) is 0 Å². The van der Waals surface area contributed by atoms with Crippen LogP contribution in [-0.4, -0.2) is 14.6 Å². The lowest BCUT2D eigenvalue weighted by atomic mass is 10.1. The molecule has 0 aliphatic heterocycles. The van der Waals surface area contributed by atoms with Gasteiger partial charge in [-0.05, 0) is 6.07 Å². The van der Waals surface area contributed by atoms with Gasteiger partial charge in [0.2, 0.25) is 0 Å². The minimum Gasteiger partial charge on any atom is -0.268 e. The average Bonchev–Trinajstić information content (AvgIpc) is 2.95. The van der Waals surface area contributed by atoms with E-state index < -0.39 is 0 Å². The molecule has 0 aliphatic rings. The van der Waals surface area contributed by atoms with Crippen molar-refractivity contribution in [2.45, 2.75) is 0 Å². The molecule has 1 N–H and O–H groups in total. The summed E-state index contributed by atoms with van der Waals surface area (Å²) in [5.41, 5.74) is 4.26. The lowest BCUT2D eigenvalue weighted by Gasteiger charge is -2.09. The molecular formula is C18H13N3O. The Labute approximate surface area is 126 Å². The third-order valence-corrected chi connectivity index (χ3v) is 3.60. The highest BCUT2D eigenvalue weighted by molar-refractivity contribution is 5.71. The number of nitrogens with zero attached hydrogens (tertiary/aromatic N) is 2. The Bertz CT molecular complexity index is 985. The first-order chi connectivity index (χ1) is 10.8. The summed E-state index contributed by atoms with van der Waals surface area (Å²) in [6, 6.07) is 23.4. The van der Waals surface area contributed by atoms with Crippen LogP contribution in [0.15, 0.2) is 77.6 Å². The highest BCUT2D eigenvalue weighted by Crippen LogP contribution is 2.25. The van der Waals surface area contributed by atoms with E-state index in [4.69, 9.17) is 0 Å². The fourth-order valence-electron chi connectivity index (χ4n) is 2.58. The van der Waals surface area contributed by atoms with E-state index in [9.17, 15) is 4.79 Å². The van der Waals surface area contributed by atoms with Gasteiger partial charge < -0.3 is 0 Å². The summed E-state index contributed by atoms with van der Waals surface area (Å²) in [4.78, 5) is 16.3. The zero-order valence-electron chi connectivity index (χ0n) is 11.7. The molecule has 0 spiro atoms. The first-order valence-corrected chi connectivity index (χ1v) is 7.05. The zero-order chi connectivity index (χ0) is 14.9. The maximum atomic E-state index is 11.7. The Balaban J connectivity index is 2.04. The number of nitrogens with one attached hydrogen (secondary N) is 1. The van der Waals surface area contributed by atoms with E-state index in [1.807, 2.05) is 66.7 Å². The minimum atomic E-state index is -0.158. The van der Waals surface area contributed by atoms with E-state index in [1.165, 1.54) is 6.07 Å². The van der Waals surface area contributed by atoms with Gasteiger partial charge in [-0.2, -0.15) is 0 Å². The quantitative estimate of drug-likeness (QED) is 0.614. The molecule has 0 aliphatic carbocycles. The van der Waals surface area contributed by atoms with E-state index >= 15 is 0 Å². The Kier molecular flexibility index (Phi) is 2.86. The van der Waals surface area contributed by atoms with Gasteiger partial charge >= 0.3 is 0 Å². The van der Waals surface area contributed by atoms with Crippen LogP contribution in [0.3, 0.4) is 0 Å². The van der Waals surface area contributed by atoms with Crippen molar-refractivity contribution in [1.82, 2.24) is 14.6 Å². The molecule has 0 atom stereocenters. The smallest absolute Gasteiger partial charge is 0.266 e. The molecule has 4 nitrogen and oxygen atoms in total. The Morgan fingerprint density at radius 3 is 2.14 bits per heavy atom. The Morgan fingerprint density at radius 2 is 1.45 bits per heavy atom. The second-order valence-electron chi connectivity index (χ2n) is 5.07. The number of hydrogen-bond donors (Lipinski definition) is 1. The van der Waals surface area contributed by atoms with E-state index in [1.54, 1.807) is 4.52 Å². The molecule has 2 heterocycles. The summed E-state index contributed by atoms with van der Waals surface area (Å²) >= 11 is 0. The van der Waals surface area contributed by atoms with Crippen molar-refractivity contribution in [2.24, 2.45) is 0 Å². The maximum absolute atomic E-state index is 11.7. The van der Waals surface area contributed by atoms with Crippen LogP contribution < -0.4 is 5.56 Å².